The van der Waals surface area contributed by atoms with Crippen molar-refractivity contribution in [2.45, 2.75) is 51.9 Å². The SMILES string of the molecule is CC1(/C2=C\CC/C=C\C=C/C2)CCCCC1CN. The molecule has 100 valence electrons. The van der Waals surface area contributed by atoms with Gasteiger partial charge in [0.15, 0.2) is 0 Å². The van der Waals surface area contributed by atoms with E-state index in [1.54, 1.807) is 5.57 Å². The fourth-order valence-corrected chi connectivity index (χ4v) is 3.56. The van der Waals surface area contributed by atoms with E-state index in [9.17, 15) is 0 Å². The molecule has 18 heavy (non-hydrogen) atoms. The fourth-order valence-electron chi connectivity index (χ4n) is 3.56. The third kappa shape index (κ3) is 2.95. The van der Waals surface area contributed by atoms with Gasteiger partial charge >= 0.3 is 0 Å². The summed E-state index contributed by atoms with van der Waals surface area (Å²) >= 11 is 0. The second-order valence-corrected chi connectivity index (χ2v) is 5.96. The van der Waals surface area contributed by atoms with E-state index < -0.39 is 0 Å². The van der Waals surface area contributed by atoms with E-state index in [0.29, 0.717) is 11.3 Å². The van der Waals surface area contributed by atoms with Gasteiger partial charge in [0.2, 0.25) is 0 Å². The van der Waals surface area contributed by atoms with E-state index in [1.807, 2.05) is 0 Å². The van der Waals surface area contributed by atoms with E-state index in [1.165, 1.54) is 32.1 Å². The Morgan fingerprint density at radius 1 is 1.22 bits per heavy atom. The molecule has 0 aromatic heterocycles. The average Bonchev–Trinajstić information content (AvgIpc) is 2.52. The van der Waals surface area contributed by atoms with Crippen LogP contribution >= 0.6 is 0 Å². The molecule has 1 nitrogen and oxygen atoms in total. The predicted molar refractivity (Wildman–Crippen MR) is 79.3 cm³/mol. The molecule has 0 bridgehead atoms. The van der Waals surface area contributed by atoms with Gasteiger partial charge in [-0.1, -0.05) is 55.7 Å². The molecule has 0 aromatic carbocycles. The molecule has 2 unspecified atom stereocenters. The second kappa shape index (κ2) is 6.38. The third-order valence-corrected chi connectivity index (χ3v) is 4.86. The highest BCUT2D eigenvalue weighted by Crippen LogP contribution is 2.47. The molecular weight excluding hydrogens is 218 g/mol. The highest BCUT2D eigenvalue weighted by atomic mass is 14.6. The topological polar surface area (TPSA) is 26.0 Å². The molecule has 1 saturated carbocycles. The molecule has 0 heterocycles. The lowest BCUT2D eigenvalue weighted by atomic mass is 9.62. The maximum absolute atomic E-state index is 6.03. The smallest absolute Gasteiger partial charge is 0.00406 e. The monoisotopic (exact) mass is 245 g/mol. The fraction of sp³-hybridized carbons (Fsp3) is 0.647. The van der Waals surface area contributed by atoms with Crippen LogP contribution in [-0.4, -0.2) is 6.54 Å². The predicted octanol–water partition coefficient (Wildman–Crippen LogP) is 4.36. The van der Waals surface area contributed by atoms with Gasteiger partial charge in [0.05, 0.1) is 0 Å². The zero-order valence-electron chi connectivity index (χ0n) is 11.7. The van der Waals surface area contributed by atoms with E-state index in [2.05, 4.69) is 37.3 Å². The summed E-state index contributed by atoms with van der Waals surface area (Å²) in [7, 11) is 0. The van der Waals surface area contributed by atoms with Crippen LogP contribution < -0.4 is 5.73 Å². The Morgan fingerprint density at radius 2 is 2.06 bits per heavy atom. The van der Waals surface area contributed by atoms with Gasteiger partial charge in [-0.2, -0.15) is 0 Å². The first-order valence-corrected chi connectivity index (χ1v) is 7.48. The van der Waals surface area contributed by atoms with E-state index in [4.69, 9.17) is 5.73 Å². The maximum Gasteiger partial charge on any atom is -0.00406 e. The van der Waals surface area contributed by atoms with Crippen LogP contribution in [0.5, 0.6) is 0 Å². The van der Waals surface area contributed by atoms with Crippen molar-refractivity contribution in [1.82, 2.24) is 0 Å². The number of hydrogen-bond donors (Lipinski definition) is 1. The minimum atomic E-state index is 0.349. The third-order valence-electron chi connectivity index (χ3n) is 4.86. The minimum absolute atomic E-state index is 0.349. The number of rotatable bonds is 2. The van der Waals surface area contributed by atoms with Crippen LogP contribution in [0.15, 0.2) is 36.0 Å². The molecule has 1 heteroatoms. The first kappa shape index (κ1) is 13.6. The summed E-state index contributed by atoms with van der Waals surface area (Å²) in [6.07, 6.45) is 20.3. The molecule has 2 atom stereocenters. The van der Waals surface area contributed by atoms with Crippen molar-refractivity contribution >= 4 is 0 Å². The zero-order valence-corrected chi connectivity index (χ0v) is 11.7. The summed E-state index contributed by atoms with van der Waals surface area (Å²) in [6.45, 7) is 3.30. The highest BCUT2D eigenvalue weighted by molar-refractivity contribution is 5.22. The van der Waals surface area contributed by atoms with E-state index in [-0.39, 0.29) is 0 Å². The van der Waals surface area contributed by atoms with Crippen molar-refractivity contribution < 1.29 is 0 Å². The number of hydrogen-bond acceptors (Lipinski definition) is 1. The molecule has 0 saturated heterocycles. The van der Waals surface area contributed by atoms with Gasteiger partial charge in [-0.05, 0) is 50.0 Å². The van der Waals surface area contributed by atoms with Crippen LogP contribution in [0.2, 0.25) is 0 Å². The van der Waals surface area contributed by atoms with Crippen molar-refractivity contribution in [2.75, 3.05) is 6.54 Å². The Morgan fingerprint density at radius 3 is 2.89 bits per heavy atom. The van der Waals surface area contributed by atoms with Gasteiger partial charge in [-0.3, -0.25) is 0 Å². The lowest BCUT2D eigenvalue weighted by Crippen LogP contribution is -2.37. The lowest BCUT2D eigenvalue weighted by Gasteiger charge is -2.43. The summed E-state index contributed by atoms with van der Waals surface area (Å²) < 4.78 is 0. The van der Waals surface area contributed by atoms with Crippen molar-refractivity contribution in [3.8, 4) is 0 Å². The molecule has 2 aliphatic carbocycles. The Hall–Kier alpha value is -0.820. The van der Waals surface area contributed by atoms with Crippen LogP contribution in [0.3, 0.4) is 0 Å². The molecule has 2 rings (SSSR count). The van der Waals surface area contributed by atoms with Crippen molar-refractivity contribution in [3.05, 3.63) is 36.0 Å². The molecule has 2 N–H and O–H groups in total. The molecule has 0 aromatic rings. The van der Waals surface area contributed by atoms with E-state index >= 15 is 0 Å². The summed E-state index contributed by atoms with van der Waals surface area (Å²) in [5.41, 5.74) is 8.01. The molecular formula is C17H27N. The molecule has 1 fully saturated rings. The average molecular weight is 245 g/mol. The quantitative estimate of drug-likeness (QED) is 0.718. The van der Waals surface area contributed by atoms with Crippen LogP contribution in [0, 0.1) is 11.3 Å². The molecule has 0 radical (unpaired) electrons. The van der Waals surface area contributed by atoms with Gasteiger partial charge in [0, 0.05) is 0 Å². The summed E-state index contributed by atoms with van der Waals surface area (Å²) in [5, 5.41) is 0. The summed E-state index contributed by atoms with van der Waals surface area (Å²) in [6, 6.07) is 0. The molecule has 0 amide bonds. The van der Waals surface area contributed by atoms with E-state index in [0.717, 1.165) is 19.4 Å². The van der Waals surface area contributed by atoms with Gasteiger partial charge in [-0.25, -0.2) is 0 Å². The first-order chi connectivity index (χ1) is 8.77. The maximum atomic E-state index is 6.03. The summed E-state index contributed by atoms with van der Waals surface area (Å²) in [5.74, 6) is 0.680. The summed E-state index contributed by atoms with van der Waals surface area (Å²) in [4.78, 5) is 0. The minimum Gasteiger partial charge on any atom is -0.330 e. The van der Waals surface area contributed by atoms with Crippen molar-refractivity contribution in [1.29, 1.82) is 0 Å². The Kier molecular flexibility index (Phi) is 4.82. The molecule has 0 aliphatic heterocycles. The van der Waals surface area contributed by atoms with Crippen molar-refractivity contribution in [3.63, 3.8) is 0 Å². The number of nitrogens with two attached hydrogens (primary N) is 1. The Labute approximate surface area is 112 Å². The Balaban J connectivity index is 2.20. The first-order valence-electron chi connectivity index (χ1n) is 7.48. The van der Waals surface area contributed by atoms with Crippen LogP contribution in [0.25, 0.3) is 0 Å². The standard InChI is InChI=1S/C17H27N/c1-17(13-9-8-12-16(17)14-18)15-10-6-4-2-3-5-7-11-15/h2-4,6,11,16H,5,7-10,12-14,18H2,1H3/b3-2-,6-4-,15-11-. The van der Waals surface area contributed by atoms with Crippen LogP contribution in [0.1, 0.15) is 51.9 Å². The normalized spacial score (nSPS) is 39.9. The highest BCUT2D eigenvalue weighted by Gasteiger charge is 2.37. The second-order valence-electron chi connectivity index (χ2n) is 5.96. The van der Waals surface area contributed by atoms with Gasteiger partial charge < -0.3 is 5.73 Å². The van der Waals surface area contributed by atoms with Gasteiger partial charge in [0.1, 0.15) is 0 Å². The zero-order chi connectivity index (χ0) is 12.8. The van der Waals surface area contributed by atoms with Crippen LogP contribution in [0.4, 0.5) is 0 Å². The largest absolute Gasteiger partial charge is 0.330 e. The van der Waals surface area contributed by atoms with Crippen molar-refractivity contribution in [2.24, 2.45) is 17.1 Å². The van der Waals surface area contributed by atoms with Gasteiger partial charge in [0.25, 0.3) is 0 Å². The number of allylic oxidation sites excluding steroid dienone is 6. The Bertz CT molecular complexity index is 351. The van der Waals surface area contributed by atoms with Crippen LogP contribution in [-0.2, 0) is 0 Å². The molecule has 2 aliphatic rings. The van der Waals surface area contributed by atoms with Gasteiger partial charge in [-0.15, -0.1) is 0 Å². The lowest BCUT2D eigenvalue weighted by molar-refractivity contribution is 0.161. The molecule has 0 spiro atoms.